The summed E-state index contributed by atoms with van der Waals surface area (Å²) in [4.78, 5) is 14.8. The Kier molecular flexibility index (Phi) is 6.05. The number of anilines is 1. The van der Waals surface area contributed by atoms with E-state index in [1.807, 2.05) is 0 Å². The van der Waals surface area contributed by atoms with Crippen LogP contribution in [0.4, 0.5) is 27.6 Å². The van der Waals surface area contributed by atoms with Gasteiger partial charge in [-0.1, -0.05) is 12.1 Å². The number of rotatable bonds is 8. The van der Waals surface area contributed by atoms with Gasteiger partial charge in [-0.25, -0.2) is 8.78 Å². The number of aryl methyl sites for hydroxylation is 1. The van der Waals surface area contributed by atoms with Gasteiger partial charge in [-0.15, -0.1) is 10.2 Å². The van der Waals surface area contributed by atoms with Crippen molar-refractivity contribution in [2.75, 3.05) is 11.4 Å². The molecule has 3 aromatic rings. The molecule has 1 amide bonds. The minimum atomic E-state index is -4.62. The maximum atomic E-state index is 14.2. The van der Waals surface area contributed by atoms with E-state index in [1.165, 1.54) is 11.2 Å². The molecule has 0 unspecified atom stereocenters. The zero-order valence-electron chi connectivity index (χ0n) is 21.4. The van der Waals surface area contributed by atoms with Gasteiger partial charge in [0.1, 0.15) is 12.2 Å². The summed E-state index contributed by atoms with van der Waals surface area (Å²) in [5, 5.41) is 11.1. The van der Waals surface area contributed by atoms with Gasteiger partial charge in [0, 0.05) is 49.5 Å². The highest BCUT2D eigenvalue weighted by atomic mass is 19.4. The molecule has 6 rings (SSSR count). The summed E-state index contributed by atoms with van der Waals surface area (Å²) in [6.07, 6.45) is -1.42. The molecule has 2 heterocycles. The second kappa shape index (κ2) is 9.11. The Labute approximate surface area is 222 Å². The third kappa shape index (κ3) is 4.92. The number of benzene rings is 2. The van der Waals surface area contributed by atoms with E-state index in [2.05, 4.69) is 15.5 Å². The third-order valence-electron chi connectivity index (χ3n) is 8.13. The number of carbonyl (C=O) groups is 1. The molecule has 0 saturated heterocycles. The molecule has 3 aliphatic rings. The highest BCUT2D eigenvalue weighted by Gasteiger charge is 2.57. The Morgan fingerprint density at radius 1 is 1.13 bits per heavy atom. The molecule has 0 atom stereocenters. The highest BCUT2D eigenvalue weighted by molar-refractivity contribution is 6.10. The van der Waals surface area contributed by atoms with Crippen molar-refractivity contribution in [3.63, 3.8) is 0 Å². The average molecular weight is 546 g/mol. The fourth-order valence-corrected chi connectivity index (χ4v) is 5.92. The Bertz CT molecular complexity index is 1420. The van der Waals surface area contributed by atoms with E-state index >= 15 is 0 Å². The fourth-order valence-electron chi connectivity index (χ4n) is 5.92. The monoisotopic (exact) mass is 545 g/mol. The van der Waals surface area contributed by atoms with Gasteiger partial charge < -0.3 is 14.8 Å². The zero-order valence-corrected chi connectivity index (χ0v) is 21.4. The molecule has 2 saturated carbocycles. The van der Waals surface area contributed by atoms with Crippen LogP contribution in [0, 0.1) is 5.92 Å². The van der Waals surface area contributed by atoms with E-state index in [0.29, 0.717) is 28.6 Å². The van der Waals surface area contributed by atoms with E-state index in [4.69, 9.17) is 0 Å². The Balaban J connectivity index is 1.31. The van der Waals surface area contributed by atoms with Crippen LogP contribution in [0.3, 0.4) is 0 Å². The van der Waals surface area contributed by atoms with Crippen LogP contribution in [0.5, 0.6) is 0 Å². The topological polar surface area (TPSA) is 63.1 Å². The van der Waals surface area contributed by atoms with E-state index in [0.717, 1.165) is 25.5 Å². The van der Waals surface area contributed by atoms with Gasteiger partial charge >= 0.3 is 6.18 Å². The lowest BCUT2D eigenvalue weighted by molar-refractivity contribution is -0.138. The van der Waals surface area contributed by atoms with Gasteiger partial charge in [-0.05, 0) is 66.3 Å². The molecule has 1 aromatic heterocycles. The van der Waals surface area contributed by atoms with E-state index in [9.17, 15) is 26.7 Å². The van der Waals surface area contributed by atoms with Crippen molar-refractivity contribution in [3.8, 4) is 0 Å². The maximum Gasteiger partial charge on any atom is 0.416 e. The number of nitrogens with one attached hydrogen (secondary N) is 1. The molecule has 2 aliphatic carbocycles. The normalized spacial score (nSPS) is 19.7. The second-order valence-corrected chi connectivity index (χ2v) is 11.2. The Morgan fingerprint density at radius 2 is 1.90 bits per heavy atom. The zero-order chi connectivity index (χ0) is 27.6. The van der Waals surface area contributed by atoms with Crippen LogP contribution in [0.15, 0.2) is 42.7 Å². The smallest absolute Gasteiger partial charge is 0.321 e. The summed E-state index contributed by atoms with van der Waals surface area (Å²) >= 11 is 0. The maximum absolute atomic E-state index is 14.2. The van der Waals surface area contributed by atoms with E-state index in [1.54, 1.807) is 41.9 Å². The summed E-state index contributed by atoms with van der Waals surface area (Å²) in [5.41, 5.74) is -0.387. The summed E-state index contributed by atoms with van der Waals surface area (Å²) < 4.78 is 72.3. The minimum Gasteiger partial charge on any atom is -0.321 e. The summed E-state index contributed by atoms with van der Waals surface area (Å²) in [7, 11) is 1.74. The number of aromatic nitrogens is 3. The van der Waals surface area contributed by atoms with Crippen LogP contribution in [0.2, 0.25) is 0 Å². The molecule has 11 heteroatoms. The van der Waals surface area contributed by atoms with Gasteiger partial charge in [0.2, 0.25) is 5.92 Å². The molecule has 2 aromatic carbocycles. The second-order valence-electron chi connectivity index (χ2n) is 11.2. The molecular formula is C28H28F5N5O. The molecule has 0 bridgehead atoms. The van der Waals surface area contributed by atoms with Crippen LogP contribution < -0.4 is 10.2 Å². The Hall–Kier alpha value is -3.34. The molecule has 206 valence electrons. The van der Waals surface area contributed by atoms with Gasteiger partial charge in [0.15, 0.2) is 0 Å². The third-order valence-corrected chi connectivity index (χ3v) is 8.13. The van der Waals surface area contributed by atoms with Crippen LogP contribution in [-0.4, -0.2) is 33.1 Å². The van der Waals surface area contributed by atoms with Crippen LogP contribution >= 0.6 is 0 Å². The lowest BCUT2D eigenvalue weighted by Gasteiger charge is -2.48. The lowest BCUT2D eigenvalue weighted by Crippen LogP contribution is -2.51. The number of hydrogen-bond donors (Lipinski definition) is 1. The molecule has 2 fully saturated rings. The quantitative estimate of drug-likeness (QED) is 0.385. The van der Waals surface area contributed by atoms with Crippen LogP contribution in [0.1, 0.15) is 64.1 Å². The first-order valence-corrected chi connectivity index (χ1v) is 13.0. The molecule has 0 radical (unpaired) electrons. The van der Waals surface area contributed by atoms with Crippen molar-refractivity contribution < 1.29 is 26.7 Å². The van der Waals surface area contributed by atoms with Crippen molar-refractivity contribution in [2.24, 2.45) is 13.0 Å². The van der Waals surface area contributed by atoms with Crippen molar-refractivity contribution in [2.45, 2.75) is 62.7 Å². The number of carbonyl (C=O) groups excluding carboxylic acids is 1. The lowest BCUT2D eigenvalue weighted by atomic mass is 9.60. The number of hydrogen-bond acceptors (Lipinski definition) is 4. The number of alkyl halides is 5. The molecule has 6 nitrogen and oxygen atoms in total. The first-order valence-electron chi connectivity index (χ1n) is 13.0. The first-order chi connectivity index (χ1) is 18.4. The van der Waals surface area contributed by atoms with Crippen LogP contribution in [0.25, 0.3) is 0 Å². The van der Waals surface area contributed by atoms with E-state index in [-0.39, 0.29) is 43.5 Å². The number of amides is 1. The predicted molar refractivity (Wildman–Crippen MR) is 133 cm³/mol. The van der Waals surface area contributed by atoms with Crippen molar-refractivity contribution in [1.29, 1.82) is 0 Å². The molecule has 1 N–H and O–H groups in total. The molecule has 39 heavy (non-hydrogen) atoms. The van der Waals surface area contributed by atoms with Crippen molar-refractivity contribution in [1.82, 2.24) is 20.1 Å². The highest BCUT2D eigenvalue weighted by Crippen LogP contribution is 2.55. The van der Waals surface area contributed by atoms with E-state index < -0.39 is 29.0 Å². The molecular weight excluding hydrogens is 517 g/mol. The van der Waals surface area contributed by atoms with Gasteiger partial charge in [0.05, 0.1) is 12.1 Å². The van der Waals surface area contributed by atoms with Crippen molar-refractivity contribution in [3.05, 3.63) is 76.4 Å². The summed E-state index contributed by atoms with van der Waals surface area (Å²) in [6.45, 7) is 0.740. The first kappa shape index (κ1) is 25.9. The fraction of sp³-hybridized carbons (Fsp3) is 0.464. The van der Waals surface area contributed by atoms with Crippen molar-refractivity contribution >= 4 is 11.6 Å². The summed E-state index contributed by atoms with van der Waals surface area (Å²) in [6, 6.07) is 9.34. The predicted octanol–water partition coefficient (Wildman–Crippen LogP) is 5.40. The number of nitrogens with zero attached hydrogens (tertiary/aromatic N) is 4. The van der Waals surface area contributed by atoms with Gasteiger partial charge in [-0.3, -0.25) is 4.79 Å². The Morgan fingerprint density at radius 3 is 2.54 bits per heavy atom. The van der Waals surface area contributed by atoms with Gasteiger partial charge in [0.25, 0.3) is 5.91 Å². The minimum absolute atomic E-state index is 0.0300. The SMILES string of the molecule is Cn1cnnc1CC1(c2cccc(N3Cc4c(cc(CNCC5CC5)cc4C(F)(F)F)C3=O)c2)CC(F)(F)C1. The molecule has 0 spiro atoms. The standard InChI is InChI=1S/C28H28F5N5O/c1-37-16-35-36-24(37)10-26(14-27(29,30)15-26)19-3-2-4-20(9-19)38-13-22-21(25(38)39)7-18(8-23(22)28(31,32)33)12-34-11-17-5-6-17/h2-4,7-9,16-17,34H,5-6,10-15H2,1H3. The summed E-state index contributed by atoms with van der Waals surface area (Å²) in [5.74, 6) is -2.24. The average Bonchev–Trinajstić information content (AvgIpc) is 3.51. The number of fused-ring (bicyclic) bond motifs is 1. The molecule has 1 aliphatic heterocycles. The van der Waals surface area contributed by atoms with Crippen LogP contribution in [-0.2, 0) is 38.1 Å². The largest absolute Gasteiger partial charge is 0.416 e. The van der Waals surface area contributed by atoms with Gasteiger partial charge in [-0.2, -0.15) is 13.2 Å². The number of halogens is 5.